The van der Waals surface area contributed by atoms with E-state index >= 15 is 0 Å². The Labute approximate surface area is 132 Å². The van der Waals surface area contributed by atoms with E-state index in [0.717, 1.165) is 40.2 Å². The lowest BCUT2D eigenvalue weighted by Crippen LogP contribution is -2.05. The van der Waals surface area contributed by atoms with Gasteiger partial charge >= 0.3 is 0 Å². The number of nitrogens with zero attached hydrogens (tertiary/aromatic N) is 2. The second-order valence-electron chi connectivity index (χ2n) is 5.76. The summed E-state index contributed by atoms with van der Waals surface area (Å²) in [4.78, 5) is 8.10. The Bertz CT molecular complexity index is 962. The second-order valence-corrected chi connectivity index (χ2v) is 5.76. The zero-order chi connectivity index (χ0) is 15.2. The summed E-state index contributed by atoms with van der Waals surface area (Å²) in [7, 11) is 0. The molecule has 5 heteroatoms. The minimum Gasteiger partial charge on any atom is -0.482 e. The summed E-state index contributed by atoms with van der Waals surface area (Å²) in [5, 5.41) is 6.84. The van der Waals surface area contributed by atoms with Crippen LogP contribution in [0.4, 0.5) is 0 Å². The van der Waals surface area contributed by atoms with Crippen LogP contribution in [0.25, 0.3) is 22.2 Å². The molecule has 2 aromatic heterocycles. The van der Waals surface area contributed by atoms with Gasteiger partial charge in [-0.25, -0.2) is 4.98 Å². The lowest BCUT2D eigenvalue weighted by molar-refractivity contribution is 0.229. The smallest absolute Gasteiger partial charge is 0.160 e. The molecule has 1 atom stereocenters. The number of para-hydroxylation sites is 1. The van der Waals surface area contributed by atoms with Gasteiger partial charge in [-0.15, -0.1) is 0 Å². The van der Waals surface area contributed by atoms with Crippen LogP contribution in [0.1, 0.15) is 17.5 Å². The Hall–Kier alpha value is -3.08. The molecule has 0 aliphatic carbocycles. The van der Waals surface area contributed by atoms with Crippen LogP contribution in [0, 0.1) is 0 Å². The lowest BCUT2D eigenvalue weighted by atomic mass is 10.1. The average molecular weight is 302 g/mol. The summed E-state index contributed by atoms with van der Waals surface area (Å²) in [5.41, 5.74) is 5.37. The monoisotopic (exact) mass is 302 g/mol. The topological polar surface area (TPSA) is 66.6 Å². The number of hydrogen-bond donors (Lipinski definition) is 2. The maximum absolute atomic E-state index is 6.02. The van der Waals surface area contributed by atoms with Gasteiger partial charge in [0.15, 0.2) is 6.10 Å². The molecule has 2 N–H and O–H groups in total. The highest BCUT2D eigenvalue weighted by molar-refractivity contribution is 5.81. The van der Waals surface area contributed by atoms with E-state index in [1.807, 2.05) is 36.7 Å². The van der Waals surface area contributed by atoms with Gasteiger partial charge in [0.25, 0.3) is 0 Å². The molecule has 0 radical (unpaired) electrons. The van der Waals surface area contributed by atoms with Crippen molar-refractivity contribution in [3.05, 3.63) is 66.2 Å². The van der Waals surface area contributed by atoms with Gasteiger partial charge in [-0.3, -0.25) is 5.10 Å². The normalized spacial score (nSPS) is 16.4. The van der Waals surface area contributed by atoms with Gasteiger partial charge in [0.2, 0.25) is 0 Å². The Morgan fingerprint density at radius 2 is 2.04 bits per heavy atom. The zero-order valence-corrected chi connectivity index (χ0v) is 12.3. The summed E-state index contributed by atoms with van der Waals surface area (Å²) < 4.78 is 6.02. The molecule has 0 spiro atoms. The van der Waals surface area contributed by atoms with Crippen molar-refractivity contribution in [3.63, 3.8) is 0 Å². The van der Waals surface area contributed by atoms with Gasteiger partial charge in [0.1, 0.15) is 11.6 Å². The lowest BCUT2D eigenvalue weighted by Gasteiger charge is -2.06. The van der Waals surface area contributed by atoms with Crippen molar-refractivity contribution in [2.75, 3.05) is 0 Å². The van der Waals surface area contributed by atoms with Gasteiger partial charge in [0.05, 0.1) is 17.2 Å². The Morgan fingerprint density at radius 1 is 1.09 bits per heavy atom. The average Bonchev–Trinajstić information content (AvgIpc) is 3.31. The number of hydrogen-bond acceptors (Lipinski definition) is 3. The number of nitrogens with one attached hydrogen (secondary N) is 2. The molecule has 4 aromatic rings. The molecule has 23 heavy (non-hydrogen) atoms. The van der Waals surface area contributed by atoms with Crippen LogP contribution in [0.15, 0.2) is 54.9 Å². The maximum Gasteiger partial charge on any atom is 0.160 e. The molecule has 1 aliphatic rings. The number of H-pyrrole nitrogens is 2. The van der Waals surface area contributed by atoms with E-state index in [2.05, 4.69) is 33.4 Å². The van der Waals surface area contributed by atoms with Crippen molar-refractivity contribution in [2.45, 2.75) is 12.5 Å². The fraction of sp³-hybridized carbons (Fsp3) is 0.111. The molecule has 1 unspecified atom stereocenters. The van der Waals surface area contributed by atoms with Crippen molar-refractivity contribution in [3.8, 4) is 16.9 Å². The fourth-order valence-corrected chi connectivity index (χ4v) is 3.10. The van der Waals surface area contributed by atoms with Gasteiger partial charge < -0.3 is 9.72 Å². The van der Waals surface area contributed by atoms with Gasteiger partial charge in [-0.1, -0.05) is 24.3 Å². The number of benzene rings is 2. The number of imidazole rings is 1. The van der Waals surface area contributed by atoms with E-state index < -0.39 is 0 Å². The Balaban J connectivity index is 1.52. The van der Waals surface area contributed by atoms with Crippen molar-refractivity contribution in [2.24, 2.45) is 0 Å². The molecule has 0 fully saturated rings. The molecule has 5 nitrogen and oxygen atoms in total. The molecule has 0 bridgehead atoms. The van der Waals surface area contributed by atoms with Crippen molar-refractivity contribution >= 4 is 11.0 Å². The summed E-state index contributed by atoms with van der Waals surface area (Å²) in [6.45, 7) is 0. The van der Waals surface area contributed by atoms with E-state index in [4.69, 9.17) is 9.72 Å². The number of rotatable bonds is 2. The number of ether oxygens (including phenoxy) is 1. The largest absolute Gasteiger partial charge is 0.482 e. The second kappa shape index (κ2) is 4.71. The number of fused-ring (bicyclic) bond motifs is 2. The highest BCUT2D eigenvalue weighted by Gasteiger charge is 2.26. The van der Waals surface area contributed by atoms with Gasteiger partial charge in [0, 0.05) is 18.2 Å². The number of aromatic nitrogens is 4. The summed E-state index contributed by atoms with van der Waals surface area (Å²) in [6, 6.07) is 14.3. The minimum absolute atomic E-state index is 0.0443. The zero-order valence-electron chi connectivity index (χ0n) is 12.3. The van der Waals surface area contributed by atoms with Crippen molar-refractivity contribution in [1.82, 2.24) is 20.2 Å². The van der Waals surface area contributed by atoms with E-state index in [-0.39, 0.29) is 6.10 Å². The standard InChI is InChI=1S/C18H14N4O/c1-2-4-16-12(3-1)8-17(23-16)18-21-14-6-5-11(7-15(14)22-18)13-9-19-20-10-13/h1-7,9-10,17H,8H2,(H,19,20)(H,21,22). The van der Waals surface area contributed by atoms with Crippen LogP contribution in [0.3, 0.4) is 0 Å². The first-order chi connectivity index (χ1) is 11.4. The van der Waals surface area contributed by atoms with Gasteiger partial charge in [-0.05, 0) is 29.3 Å². The van der Waals surface area contributed by atoms with Crippen LogP contribution < -0.4 is 4.74 Å². The molecular formula is C18H14N4O. The Morgan fingerprint density at radius 3 is 2.91 bits per heavy atom. The summed E-state index contributed by atoms with van der Waals surface area (Å²) >= 11 is 0. The summed E-state index contributed by atoms with van der Waals surface area (Å²) in [5.74, 6) is 1.83. The highest BCUT2D eigenvalue weighted by Crippen LogP contribution is 2.36. The van der Waals surface area contributed by atoms with Crippen molar-refractivity contribution < 1.29 is 4.74 Å². The third-order valence-corrected chi connectivity index (χ3v) is 4.28. The molecule has 0 saturated heterocycles. The summed E-state index contributed by atoms with van der Waals surface area (Å²) in [6.07, 6.45) is 4.51. The quantitative estimate of drug-likeness (QED) is 0.594. The van der Waals surface area contributed by atoms with Crippen LogP contribution in [0.2, 0.25) is 0 Å². The fourth-order valence-electron chi connectivity index (χ4n) is 3.10. The van der Waals surface area contributed by atoms with E-state index in [1.54, 1.807) is 0 Å². The first-order valence-corrected chi connectivity index (χ1v) is 7.60. The van der Waals surface area contributed by atoms with Crippen LogP contribution in [-0.2, 0) is 6.42 Å². The third-order valence-electron chi connectivity index (χ3n) is 4.28. The molecule has 1 aliphatic heterocycles. The predicted molar refractivity (Wildman–Crippen MR) is 87.2 cm³/mol. The highest BCUT2D eigenvalue weighted by atomic mass is 16.5. The SMILES string of the molecule is c1ccc2c(c1)CC(c1nc3ccc(-c4cn[nH]c4)cc3[nH]1)O2. The van der Waals surface area contributed by atoms with E-state index in [1.165, 1.54) is 5.56 Å². The van der Waals surface area contributed by atoms with E-state index in [9.17, 15) is 0 Å². The molecule has 2 aromatic carbocycles. The number of aromatic amines is 2. The first-order valence-electron chi connectivity index (χ1n) is 7.60. The van der Waals surface area contributed by atoms with Crippen LogP contribution in [0.5, 0.6) is 5.75 Å². The molecule has 5 rings (SSSR count). The molecule has 0 saturated carbocycles. The predicted octanol–water partition coefficient (Wildman–Crippen LogP) is 3.63. The first kappa shape index (κ1) is 12.5. The molecular weight excluding hydrogens is 288 g/mol. The minimum atomic E-state index is -0.0443. The van der Waals surface area contributed by atoms with Gasteiger partial charge in [-0.2, -0.15) is 5.10 Å². The van der Waals surface area contributed by atoms with Crippen molar-refractivity contribution in [1.29, 1.82) is 0 Å². The molecule has 0 amide bonds. The Kier molecular flexibility index (Phi) is 2.55. The third kappa shape index (κ3) is 2.01. The molecule has 3 heterocycles. The molecule has 112 valence electrons. The maximum atomic E-state index is 6.02. The van der Waals surface area contributed by atoms with Crippen LogP contribution in [-0.4, -0.2) is 20.2 Å². The van der Waals surface area contributed by atoms with E-state index in [0.29, 0.717) is 0 Å². The van der Waals surface area contributed by atoms with Crippen LogP contribution >= 0.6 is 0 Å².